The normalized spacial score (nSPS) is 14.1. The summed E-state index contributed by atoms with van der Waals surface area (Å²) in [4.78, 5) is 16.2. The molecule has 12 heteroatoms. The molecule has 1 saturated heterocycles. The summed E-state index contributed by atoms with van der Waals surface area (Å²) in [7, 11) is -3.85. The molecule has 0 saturated carbocycles. The van der Waals surface area contributed by atoms with Crippen LogP contribution in [0.4, 0.5) is 24.5 Å². The van der Waals surface area contributed by atoms with E-state index in [0.717, 1.165) is 12.1 Å². The van der Waals surface area contributed by atoms with Gasteiger partial charge in [-0.25, -0.2) is 8.42 Å². The molecule has 8 nitrogen and oxygen atoms in total. The summed E-state index contributed by atoms with van der Waals surface area (Å²) in [5.41, 5.74) is 0.677. The van der Waals surface area contributed by atoms with Crippen LogP contribution < -0.4 is 19.1 Å². The summed E-state index contributed by atoms with van der Waals surface area (Å²) >= 11 is 0. The van der Waals surface area contributed by atoms with Crippen molar-refractivity contribution in [1.82, 2.24) is 4.90 Å². The van der Waals surface area contributed by atoms with Gasteiger partial charge in [0.25, 0.3) is 15.9 Å². The van der Waals surface area contributed by atoms with Crippen LogP contribution >= 0.6 is 0 Å². The minimum Gasteiger partial charge on any atom is -0.494 e. The van der Waals surface area contributed by atoms with Gasteiger partial charge >= 0.3 is 6.18 Å². The summed E-state index contributed by atoms with van der Waals surface area (Å²) in [5.74, 6) is 0.739. The quantitative estimate of drug-likeness (QED) is 0.388. The van der Waals surface area contributed by atoms with Crippen LogP contribution in [0, 0.1) is 6.92 Å². The zero-order valence-electron chi connectivity index (χ0n) is 22.1. The Morgan fingerprint density at radius 3 is 2.27 bits per heavy atom. The van der Waals surface area contributed by atoms with Gasteiger partial charge in [-0.2, -0.15) is 13.2 Å². The Morgan fingerprint density at radius 2 is 1.65 bits per heavy atom. The first-order valence-electron chi connectivity index (χ1n) is 12.7. The molecule has 0 radical (unpaired) electrons. The number of benzene rings is 3. The highest BCUT2D eigenvalue weighted by atomic mass is 32.2. The van der Waals surface area contributed by atoms with Crippen LogP contribution in [0.25, 0.3) is 0 Å². The summed E-state index contributed by atoms with van der Waals surface area (Å²) in [6.07, 6.45) is -4.42. The van der Waals surface area contributed by atoms with Crippen LogP contribution in [0.3, 0.4) is 0 Å². The number of amides is 1. The Bertz CT molecular complexity index is 1440. The third-order valence-corrected chi connectivity index (χ3v) is 7.78. The number of nitrogens with one attached hydrogen (secondary N) is 1. The Morgan fingerprint density at radius 1 is 0.950 bits per heavy atom. The van der Waals surface area contributed by atoms with Crippen molar-refractivity contribution < 1.29 is 35.9 Å². The molecule has 3 aromatic rings. The van der Waals surface area contributed by atoms with Gasteiger partial charge in [-0.05, 0) is 80.1 Å². The van der Waals surface area contributed by atoms with Crippen molar-refractivity contribution in [2.45, 2.75) is 24.9 Å². The minimum atomic E-state index is -4.42. The average Bonchev–Trinajstić information content (AvgIpc) is 2.93. The molecule has 0 aliphatic carbocycles. The molecular weight excluding hydrogens is 547 g/mol. The monoisotopic (exact) mass is 577 g/mol. The largest absolute Gasteiger partial charge is 0.494 e. The molecule has 0 aromatic heterocycles. The number of sulfonamides is 1. The van der Waals surface area contributed by atoms with E-state index >= 15 is 0 Å². The van der Waals surface area contributed by atoms with Crippen molar-refractivity contribution in [2.24, 2.45) is 0 Å². The van der Waals surface area contributed by atoms with Crippen LogP contribution in [-0.2, 0) is 21.0 Å². The number of alkyl halides is 3. The number of nitrogens with zero attached hydrogens (tertiary/aromatic N) is 2. The molecule has 0 unspecified atom stereocenters. The molecule has 1 aliphatic heterocycles. The maximum Gasteiger partial charge on any atom is 0.416 e. The van der Waals surface area contributed by atoms with E-state index in [0.29, 0.717) is 61.2 Å². The molecule has 1 fully saturated rings. The summed E-state index contributed by atoms with van der Waals surface area (Å²) < 4.78 is 78.4. The van der Waals surface area contributed by atoms with Gasteiger partial charge < -0.3 is 19.3 Å². The highest BCUT2D eigenvalue weighted by Crippen LogP contribution is 2.32. The number of halogens is 3. The predicted octanol–water partition coefficient (Wildman–Crippen LogP) is 4.94. The fourth-order valence-electron chi connectivity index (χ4n) is 4.27. The zero-order chi connectivity index (χ0) is 28.9. The third-order valence-electron chi connectivity index (χ3n) is 6.40. The van der Waals surface area contributed by atoms with E-state index in [1.807, 2.05) is 11.8 Å². The molecule has 1 N–H and O–H groups in total. The van der Waals surface area contributed by atoms with Crippen molar-refractivity contribution in [3.05, 3.63) is 77.9 Å². The lowest BCUT2D eigenvalue weighted by molar-refractivity contribution is -0.137. The van der Waals surface area contributed by atoms with E-state index < -0.39 is 21.8 Å². The number of aryl methyl sites for hydroxylation is 1. The van der Waals surface area contributed by atoms with Crippen molar-refractivity contribution >= 4 is 27.3 Å². The van der Waals surface area contributed by atoms with Gasteiger partial charge in [0.15, 0.2) is 6.61 Å². The van der Waals surface area contributed by atoms with E-state index in [9.17, 15) is 26.4 Å². The zero-order valence-corrected chi connectivity index (χ0v) is 22.9. The summed E-state index contributed by atoms with van der Waals surface area (Å²) in [6.45, 7) is 5.25. The lowest BCUT2D eigenvalue weighted by atomic mass is 10.1. The number of hydrogen-bond acceptors (Lipinski definition) is 6. The maximum absolute atomic E-state index is 13.0. The lowest BCUT2D eigenvalue weighted by Gasteiger charge is -2.36. The molecule has 3 aromatic carbocycles. The van der Waals surface area contributed by atoms with Gasteiger partial charge in [0.2, 0.25) is 0 Å². The minimum absolute atomic E-state index is 0.0447. The van der Waals surface area contributed by atoms with Crippen LogP contribution in [0.1, 0.15) is 18.1 Å². The number of anilines is 2. The number of piperazine rings is 1. The van der Waals surface area contributed by atoms with Gasteiger partial charge in [0.05, 0.1) is 17.1 Å². The molecule has 1 aliphatic rings. The van der Waals surface area contributed by atoms with Crippen molar-refractivity contribution in [3.8, 4) is 11.5 Å². The fourth-order valence-corrected chi connectivity index (χ4v) is 5.42. The third kappa shape index (κ3) is 7.17. The van der Waals surface area contributed by atoms with Crippen LogP contribution in [-0.4, -0.2) is 58.6 Å². The highest BCUT2D eigenvalue weighted by Gasteiger charge is 2.31. The summed E-state index contributed by atoms with van der Waals surface area (Å²) in [6, 6.07) is 16.1. The molecule has 0 spiro atoms. The molecule has 214 valence electrons. The average molecular weight is 578 g/mol. The second-order valence-electron chi connectivity index (χ2n) is 9.19. The first-order valence-corrected chi connectivity index (χ1v) is 14.1. The Labute approximate surface area is 231 Å². The second-order valence-corrected chi connectivity index (χ2v) is 10.9. The van der Waals surface area contributed by atoms with E-state index in [1.54, 1.807) is 42.2 Å². The van der Waals surface area contributed by atoms with Gasteiger partial charge in [-0.15, -0.1) is 0 Å². The van der Waals surface area contributed by atoms with Crippen molar-refractivity contribution in [1.29, 1.82) is 0 Å². The van der Waals surface area contributed by atoms with Gasteiger partial charge in [-0.1, -0.05) is 6.07 Å². The van der Waals surface area contributed by atoms with Gasteiger partial charge in [-0.3, -0.25) is 9.52 Å². The van der Waals surface area contributed by atoms with Gasteiger partial charge in [0, 0.05) is 37.6 Å². The fraction of sp³-hybridized carbons (Fsp3) is 0.321. The summed E-state index contributed by atoms with van der Waals surface area (Å²) in [5, 5.41) is 0. The first kappa shape index (κ1) is 29.1. The smallest absolute Gasteiger partial charge is 0.416 e. The standard InChI is InChI=1S/C28H30F3N3O5S/c1-3-38-24-9-7-22(8-10-24)32-40(36,37)25-11-12-26(20(2)17-25)39-19-27(35)34-15-13-33(14-16-34)23-6-4-5-21(18-23)28(29,30)31/h4-12,17-18,32H,3,13-16,19H2,1-2H3. The van der Waals surface area contributed by atoms with Crippen LogP contribution in [0.2, 0.25) is 0 Å². The first-order chi connectivity index (χ1) is 19.0. The second kappa shape index (κ2) is 12.1. The van der Waals surface area contributed by atoms with E-state index in [-0.39, 0.29) is 17.4 Å². The van der Waals surface area contributed by atoms with Crippen LogP contribution in [0.5, 0.6) is 11.5 Å². The number of hydrogen-bond donors (Lipinski definition) is 1. The van der Waals surface area contributed by atoms with Crippen molar-refractivity contribution in [2.75, 3.05) is 49.0 Å². The van der Waals surface area contributed by atoms with E-state index in [1.165, 1.54) is 24.3 Å². The highest BCUT2D eigenvalue weighted by molar-refractivity contribution is 7.92. The van der Waals surface area contributed by atoms with Gasteiger partial charge in [0.1, 0.15) is 11.5 Å². The maximum atomic E-state index is 13.0. The number of ether oxygens (including phenoxy) is 2. The predicted molar refractivity (Wildman–Crippen MR) is 145 cm³/mol. The van der Waals surface area contributed by atoms with E-state index in [4.69, 9.17) is 9.47 Å². The molecule has 0 bridgehead atoms. The topological polar surface area (TPSA) is 88.2 Å². The molecular formula is C28H30F3N3O5S. The molecule has 1 amide bonds. The number of carbonyl (C=O) groups excluding carboxylic acids is 1. The molecule has 40 heavy (non-hydrogen) atoms. The Kier molecular flexibility index (Phi) is 8.77. The number of rotatable bonds is 9. The lowest BCUT2D eigenvalue weighted by Crippen LogP contribution is -2.50. The molecule has 1 heterocycles. The van der Waals surface area contributed by atoms with Crippen molar-refractivity contribution in [3.63, 3.8) is 0 Å². The molecule has 0 atom stereocenters. The number of carbonyl (C=O) groups is 1. The Balaban J connectivity index is 1.30. The van der Waals surface area contributed by atoms with Crippen LogP contribution in [0.15, 0.2) is 71.6 Å². The molecule has 4 rings (SSSR count). The Hall–Kier alpha value is -3.93. The SMILES string of the molecule is CCOc1ccc(NS(=O)(=O)c2ccc(OCC(=O)N3CCN(c4cccc(C(F)(F)F)c4)CC3)c(C)c2)cc1. The van der Waals surface area contributed by atoms with E-state index in [2.05, 4.69) is 4.72 Å².